The van der Waals surface area contributed by atoms with Crippen LogP contribution in [0.15, 0.2) is 30.3 Å². The van der Waals surface area contributed by atoms with Crippen LogP contribution in [0.4, 0.5) is 23.3 Å². The Labute approximate surface area is 110 Å². The first-order valence-corrected chi connectivity index (χ1v) is 5.99. The summed E-state index contributed by atoms with van der Waals surface area (Å²) in [7, 11) is 0. The van der Waals surface area contributed by atoms with Crippen LogP contribution in [0.5, 0.6) is 0 Å². The molecule has 0 amide bonds. The van der Waals surface area contributed by atoms with Gasteiger partial charge in [-0.15, -0.1) is 0 Å². The highest BCUT2D eigenvalue weighted by Gasteiger charge is 2.22. The average molecular weight is 257 g/mol. The van der Waals surface area contributed by atoms with E-state index in [0.717, 1.165) is 18.7 Å². The Balaban J connectivity index is 2.04. The lowest BCUT2D eigenvalue weighted by molar-refractivity contribution is 0.938. The first-order chi connectivity index (χ1) is 9.31. The minimum atomic E-state index is 0.516. The van der Waals surface area contributed by atoms with Gasteiger partial charge < -0.3 is 15.8 Å². The van der Waals surface area contributed by atoms with Crippen LogP contribution in [-0.2, 0) is 6.42 Å². The van der Waals surface area contributed by atoms with E-state index in [1.54, 1.807) is 6.07 Å². The number of nitrogens with two attached hydrogens (primary N) is 2. The molecule has 98 valence electrons. The molecule has 7 nitrogen and oxygen atoms in total. The van der Waals surface area contributed by atoms with Gasteiger partial charge in [-0.25, -0.2) is 11.7 Å². The van der Waals surface area contributed by atoms with Crippen molar-refractivity contribution >= 4 is 23.3 Å². The number of nitrogens with one attached hydrogen (secondary N) is 2. The fourth-order valence-corrected chi connectivity index (χ4v) is 2.25. The van der Waals surface area contributed by atoms with Crippen LogP contribution in [0, 0.1) is 0 Å². The smallest absolute Gasteiger partial charge is 0.233 e. The lowest BCUT2D eigenvalue weighted by atomic mass is 10.2. The van der Waals surface area contributed by atoms with Crippen LogP contribution in [0.1, 0.15) is 5.56 Å². The zero-order valence-electron chi connectivity index (χ0n) is 10.3. The maximum atomic E-state index is 5.41. The largest absolute Gasteiger partial charge is 0.310 e. The lowest BCUT2D eigenvalue weighted by Gasteiger charge is -2.18. The number of para-hydroxylation sites is 1. The SMILES string of the molecule is NNc1cc(NN)nc(N2CCc3ccccc32)n1. The second kappa shape index (κ2) is 4.71. The molecule has 0 spiro atoms. The first-order valence-electron chi connectivity index (χ1n) is 5.99. The molecule has 19 heavy (non-hydrogen) atoms. The van der Waals surface area contributed by atoms with Crippen LogP contribution in [0.3, 0.4) is 0 Å². The molecule has 2 heterocycles. The number of nitrogens with zero attached hydrogens (tertiary/aromatic N) is 3. The Kier molecular flexibility index (Phi) is 2.90. The number of rotatable bonds is 3. The molecule has 1 aromatic carbocycles. The quantitative estimate of drug-likeness (QED) is 0.475. The van der Waals surface area contributed by atoms with Gasteiger partial charge in [0.15, 0.2) is 0 Å². The highest BCUT2D eigenvalue weighted by Crippen LogP contribution is 2.33. The highest BCUT2D eigenvalue weighted by atomic mass is 15.3. The molecule has 0 saturated carbocycles. The molecule has 0 unspecified atom stereocenters. The van der Waals surface area contributed by atoms with E-state index in [2.05, 4.69) is 37.9 Å². The molecular weight excluding hydrogens is 242 g/mol. The molecule has 1 aliphatic rings. The maximum Gasteiger partial charge on any atom is 0.233 e. The van der Waals surface area contributed by atoms with E-state index in [-0.39, 0.29) is 0 Å². The van der Waals surface area contributed by atoms with E-state index < -0.39 is 0 Å². The second-order valence-corrected chi connectivity index (χ2v) is 4.26. The number of fused-ring (bicyclic) bond motifs is 1. The van der Waals surface area contributed by atoms with Crippen molar-refractivity contribution in [2.24, 2.45) is 11.7 Å². The van der Waals surface area contributed by atoms with Gasteiger partial charge in [0.1, 0.15) is 11.6 Å². The molecule has 6 N–H and O–H groups in total. The van der Waals surface area contributed by atoms with Crippen LogP contribution < -0.4 is 27.4 Å². The lowest BCUT2D eigenvalue weighted by Crippen LogP contribution is -2.20. The van der Waals surface area contributed by atoms with Gasteiger partial charge in [0.25, 0.3) is 0 Å². The molecule has 7 heteroatoms. The summed E-state index contributed by atoms with van der Waals surface area (Å²) < 4.78 is 0. The van der Waals surface area contributed by atoms with Crippen molar-refractivity contribution in [2.45, 2.75) is 6.42 Å². The third-order valence-electron chi connectivity index (χ3n) is 3.14. The third kappa shape index (κ3) is 2.05. The maximum absolute atomic E-state index is 5.41. The van der Waals surface area contributed by atoms with Gasteiger partial charge in [-0.05, 0) is 18.1 Å². The number of nitrogen functional groups attached to an aromatic ring is 2. The minimum Gasteiger partial charge on any atom is -0.310 e. The van der Waals surface area contributed by atoms with Crippen LogP contribution in [-0.4, -0.2) is 16.5 Å². The number of anilines is 4. The van der Waals surface area contributed by atoms with Crippen LogP contribution in [0.25, 0.3) is 0 Å². The Hall–Kier alpha value is -2.38. The molecule has 0 bridgehead atoms. The third-order valence-corrected chi connectivity index (χ3v) is 3.14. The van der Waals surface area contributed by atoms with Gasteiger partial charge in [0, 0.05) is 18.3 Å². The van der Waals surface area contributed by atoms with Gasteiger partial charge in [-0.3, -0.25) is 0 Å². The summed E-state index contributed by atoms with van der Waals surface area (Å²) in [6, 6.07) is 9.86. The molecule has 0 radical (unpaired) electrons. The van der Waals surface area contributed by atoms with E-state index in [1.165, 1.54) is 5.56 Å². The highest BCUT2D eigenvalue weighted by molar-refractivity contribution is 5.67. The number of benzene rings is 1. The Morgan fingerprint density at radius 1 is 1.05 bits per heavy atom. The Morgan fingerprint density at radius 2 is 1.74 bits per heavy atom. The Morgan fingerprint density at radius 3 is 2.42 bits per heavy atom. The molecule has 1 aliphatic heterocycles. The summed E-state index contributed by atoms with van der Waals surface area (Å²) in [6.45, 7) is 0.845. The van der Waals surface area contributed by atoms with Crippen molar-refractivity contribution in [1.29, 1.82) is 0 Å². The number of hydrogen-bond acceptors (Lipinski definition) is 7. The topological polar surface area (TPSA) is 105 Å². The molecule has 0 saturated heterocycles. The summed E-state index contributed by atoms with van der Waals surface area (Å²) in [4.78, 5) is 10.8. The Bertz CT molecular complexity index is 576. The normalized spacial score (nSPS) is 13.3. The van der Waals surface area contributed by atoms with Gasteiger partial charge in [-0.2, -0.15) is 9.97 Å². The fraction of sp³-hybridized carbons (Fsp3) is 0.167. The summed E-state index contributed by atoms with van der Waals surface area (Å²) in [6.07, 6.45) is 0.977. The standard InChI is InChI=1S/C12H15N7/c13-17-10-7-11(18-14)16-12(15-10)19-6-5-8-3-1-2-4-9(8)19/h1-4,7H,5-6,13-14H2,(H2,15,16,17,18). The van der Waals surface area contributed by atoms with Crippen molar-refractivity contribution in [3.63, 3.8) is 0 Å². The van der Waals surface area contributed by atoms with Crippen molar-refractivity contribution in [1.82, 2.24) is 9.97 Å². The predicted molar refractivity (Wildman–Crippen MR) is 74.8 cm³/mol. The summed E-state index contributed by atoms with van der Waals surface area (Å²) in [5, 5.41) is 0. The summed E-state index contributed by atoms with van der Waals surface area (Å²) in [5.41, 5.74) is 7.45. The van der Waals surface area contributed by atoms with Crippen molar-refractivity contribution in [2.75, 3.05) is 22.3 Å². The molecule has 2 aromatic rings. The van der Waals surface area contributed by atoms with Gasteiger partial charge in [0.05, 0.1) is 0 Å². The monoisotopic (exact) mass is 257 g/mol. The van der Waals surface area contributed by atoms with E-state index in [4.69, 9.17) is 11.7 Å². The summed E-state index contributed by atoms with van der Waals surface area (Å²) >= 11 is 0. The molecule has 0 atom stereocenters. The average Bonchev–Trinajstić information content (AvgIpc) is 2.90. The van der Waals surface area contributed by atoms with Crippen molar-refractivity contribution < 1.29 is 0 Å². The van der Waals surface area contributed by atoms with Gasteiger partial charge in [-0.1, -0.05) is 18.2 Å². The summed E-state index contributed by atoms with van der Waals surface area (Å²) in [5.74, 6) is 12.4. The van der Waals surface area contributed by atoms with E-state index in [0.29, 0.717) is 17.6 Å². The van der Waals surface area contributed by atoms with Gasteiger partial charge >= 0.3 is 0 Å². The fourth-order valence-electron chi connectivity index (χ4n) is 2.25. The minimum absolute atomic E-state index is 0.516. The van der Waals surface area contributed by atoms with Gasteiger partial charge in [0.2, 0.25) is 5.95 Å². The molecule has 0 fully saturated rings. The zero-order valence-corrected chi connectivity index (χ0v) is 10.3. The van der Waals surface area contributed by atoms with E-state index in [9.17, 15) is 0 Å². The zero-order chi connectivity index (χ0) is 13.2. The van der Waals surface area contributed by atoms with E-state index >= 15 is 0 Å². The predicted octanol–water partition coefficient (Wildman–Crippen LogP) is 0.742. The molecule has 0 aliphatic carbocycles. The number of hydrogen-bond donors (Lipinski definition) is 4. The van der Waals surface area contributed by atoms with Crippen LogP contribution >= 0.6 is 0 Å². The van der Waals surface area contributed by atoms with Crippen molar-refractivity contribution in [3.8, 4) is 0 Å². The molecule has 3 rings (SSSR count). The number of aromatic nitrogens is 2. The van der Waals surface area contributed by atoms with Crippen molar-refractivity contribution in [3.05, 3.63) is 35.9 Å². The van der Waals surface area contributed by atoms with E-state index in [1.807, 2.05) is 12.1 Å². The molecular formula is C12H15N7. The second-order valence-electron chi connectivity index (χ2n) is 4.26. The number of hydrazine groups is 2. The molecule has 1 aromatic heterocycles. The first kappa shape index (κ1) is 11.7. The van der Waals surface area contributed by atoms with Crippen LogP contribution in [0.2, 0.25) is 0 Å².